The van der Waals surface area contributed by atoms with Gasteiger partial charge in [0.25, 0.3) is 5.91 Å². The van der Waals surface area contributed by atoms with E-state index in [9.17, 15) is 9.90 Å². The summed E-state index contributed by atoms with van der Waals surface area (Å²) < 4.78 is 1.49. The first-order valence-corrected chi connectivity index (χ1v) is 7.46. The molecule has 0 aromatic carbocycles. The lowest BCUT2D eigenvalue weighted by atomic mass is 10.1. The Labute approximate surface area is 126 Å². The Hall–Kier alpha value is -1.37. The summed E-state index contributed by atoms with van der Waals surface area (Å²) in [4.78, 5) is 13.1. The number of aliphatic hydroxyl groups excluding tert-OH is 1. The smallest absolute Gasteiger partial charge is 0.273 e. The Morgan fingerprint density at radius 3 is 3.00 bits per heavy atom. The molecule has 0 radical (unpaired) electrons. The summed E-state index contributed by atoms with van der Waals surface area (Å²) in [5, 5.41) is 18.5. The van der Waals surface area contributed by atoms with E-state index in [-0.39, 0.29) is 24.1 Å². The summed E-state index contributed by atoms with van der Waals surface area (Å²) in [7, 11) is 1.70. The molecule has 0 saturated carbocycles. The number of aliphatic hydroxyl groups is 1. The minimum absolute atomic E-state index is 0.0138. The molecule has 0 saturated heterocycles. The number of carbonyl (C=O) groups is 1. The van der Waals surface area contributed by atoms with E-state index in [1.807, 2.05) is 17.5 Å². The normalized spacial score (nSPS) is 12.3. The number of hydrogen-bond acceptors (Lipinski definition) is 4. The predicted octanol–water partition coefficient (Wildman–Crippen LogP) is 1.72. The third kappa shape index (κ3) is 3.82. The summed E-state index contributed by atoms with van der Waals surface area (Å²) in [6.45, 7) is 0.411. The van der Waals surface area contributed by atoms with Crippen molar-refractivity contribution in [2.45, 2.75) is 6.42 Å². The second-order valence-electron chi connectivity index (χ2n) is 4.54. The van der Waals surface area contributed by atoms with Gasteiger partial charge in [0.15, 0.2) is 5.69 Å². The van der Waals surface area contributed by atoms with Crippen molar-refractivity contribution in [3.63, 3.8) is 0 Å². The van der Waals surface area contributed by atoms with E-state index < -0.39 is 0 Å². The monoisotopic (exact) mass is 313 g/mol. The maximum Gasteiger partial charge on any atom is 0.273 e. The van der Waals surface area contributed by atoms with E-state index in [1.54, 1.807) is 24.6 Å². The van der Waals surface area contributed by atoms with Crippen LogP contribution in [0, 0.1) is 5.92 Å². The standard InChI is InChI=1S/C13H16ClN3O2S/c1-17-7-11(14)12(16-17)13(19)15-6-9(8-18)5-10-3-2-4-20-10/h2-4,7,9,18H,5-6,8H2,1H3,(H,15,19)/t9-/m0/s1. The molecule has 2 N–H and O–H groups in total. The highest BCUT2D eigenvalue weighted by molar-refractivity contribution is 7.09. The predicted molar refractivity (Wildman–Crippen MR) is 79.2 cm³/mol. The van der Waals surface area contributed by atoms with Crippen molar-refractivity contribution in [3.05, 3.63) is 39.3 Å². The van der Waals surface area contributed by atoms with Crippen LogP contribution in [0.25, 0.3) is 0 Å². The van der Waals surface area contributed by atoms with Crippen molar-refractivity contribution in [2.75, 3.05) is 13.2 Å². The van der Waals surface area contributed by atoms with Crippen LogP contribution in [0.3, 0.4) is 0 Å². The van der Waals surface area contributed by atoms with Crippen molar-refractivity contribution in [1.29, 1.82) is 0 Å². The highest BCUT2D eigenvalue weighted by Crippen LogP contribution is 2.15. The summed E-state index contributed by atoms with van der Waals surface area (Å²) in [6, 6.07) is 3.99. The molecular weight excluding hydrogens is 298 g/mol. The quantitative estimate of drug-likeness (QED) is 0.853. The Morgan fingerprint density at radius 2 is 2.45 bits per heavy atom. The zero-order valence-corrected chi connectivity index (χ0v) is 12.6. The third-order valence-electron chi connectivity index (χ3n) is 2.88. The fraction of sp³-hybridized carbons (Fsp3) is 0.385. The number of rotatable bonds is 6. The largest absolute Gasteiger partial charge is 0.396 e. The van der Waals surface area contributed by atoms with Gasteiger partial charge in [0.2, 0.25) is 0 Å². The van der Waals surface area contributed by atoms with Gasteiger partial charge in [-0.1, -0.05) is 17.7 Å². The minimum atomic E-state index is -0.319. The lowest BCUT2D eigenvalue weighted by Crippen LogP contribution is -2.32. The fourth-order valence-corrected chi connectivity index (χ4v) is 2.93. The molecule has 0 spiro atoms. The molecule has 0 aliphatic rings. The van der Waals surface area contributed by atoms with Gasteiger partial charge >= 0.3 is 0 Å². The van der Waals surface area contributed by atoms with Gasteiger partial charge in [-0.3, -0.25) is 9.48 Å². The van der Waals surface area contributed by atoms with Crippen molar-refractivity contribution < 1.29 is 9.90 Å². The number of nitrogens with one attached hydrogen (secondary N) is 1. The van der Waals surface area contributed by atoms with E-state index in [0.29, 0.717) is 11.6 Å². The summed E-state index contributed by atoms with van der Waals surface area (Å²) in [5.74, 6) is -0.333. The molecule has 1 atom stereocenters. The van der Waals surface area contributed by atoms with Crippen LogP contribution in [-0.4, -0.2) is 33.9 Å². The number of aryl methyl sites for hydroxylation is 1. The van der Waals surface area contributed by atoms with Gasteiger partial charge in [-0.15, -0.1) is 11.3 Å². The number of aromatic nitrogens is 2. The molecule has 20 heavy (non-hydrogen) atoms. The van der Waals surface area contributed by atoms with Gasteiger partial charge in [-0.25, -0.2) is 0 Å². The molecular formula is C13H16ClN3O2S. The molecule has 108 valence electrons. The van der Waals surface area contributed by atoms with Crippen molar-refractivity contribution in [2.24, 2.45) is 13.0 Å². The van der Waals surface area contributed by atoms with Gasteiger partial charge in [-0.2, -0.15) is 5.10 Å². The second-order valence-corrected chi connectivity index (χ2v) is 5.98. The van der Waals surface area contributed by atoms with E-state index in [0.717, 1.165) is 6.42 Å². The molecule has 7 heteroatoms. The average molecular weight is 314 g/mol. The molecule has 0 fully saturated rings. The molecule has 0 aliphatic heterocycles. The number of carbonyl (C=O) groups excluding carboxylic acids is 1. The molecule has 2 aromatic rings. The topological polar surface area (TPSA) is 67.2 Å². The van der Waals surface area contributed by atoms with E-state index >= 15 is 0 Å². The van der Waals surface area contributed by atoms with Crippen molar-refractivity contribution >= 4 is 28.8 Å². The number of nitrogens with zero attached hydrogens (tertiary/aromatic N) is 2. The lowest BCUT2D eigenvalue weighted by molar-refractivity contribution is 0.0934. The molecule has 2 aromatic heterocycles. The van der Waals surface area contributed by atoms with Gasteiger partial charge in [0, 0.05) is 37.2 Å². The molecule has 1 amide bonds. The number of hydrogen-bond donors (Lipinski definition) is 2. The summed E-state index contributed by atoms with van der Waals surface area (Å²) in [6.07, 6.45) is 2.32. The SMILES string of the molecule is Cn1cc(Cl)c(C(=O)NC[C@@H](CO)Cc2cccs2)n1. The Bertz CT molecular complexity index is 568. The third-order valence-corrected chi connectivity index (χ3v) is 4.05. The number of halogens is 1. The van der Waals surface area contributed by atoms with Crippen LogP contribution in [0.1, 0.15) is 15.4 Å². The minimum Gasteiger partial charge on any atom is -0.396 e. The summed E-state index contributed by atoms with van der Waals surface area (Å²) in [5.41, 5.74) is 0.210. The Morgan fingerprint density at radius 1 is 1.65 bits per heavy atom. The first-order chi connectivity index (χ1) is 9.60. The lowest BCUT2D eigenvalue weighted by Gasteiger charge is -2.13. The van der Waals surface area contributed by atoms with E-state index in [4.69, 9.17) is 11.6 Å². The zero-order valence-electron chi connectivity index (χ0n) is 11.0. The zero-order chi connectivity index (χ0) is 14.5. The van der Waals surface area contributed by atoms with Crippen molar-refractivity contribution in [3.8, 4) is 0 Å². The maximum atomic E-state index is 12.0. The second kappa shape index (κ2) is 6.88. The van der Waals surface area contributed by atoms with Crippen LogP contribution >= 0.6 is 22.9 Å². The Kier molecular flexibility index (Phi) is 5.17. The molecule has 2 heterocycles. The van der Waals surface area contributed by atoms with Crippen LogP contribution < -0.4 is 5.32 Å². The number of thiophene rings is 1. The van der Waals surface area contributed by atoms with Crippen LogP contribution in [0.15, 0.2) is 23.7 Å². The molecule has 2 rings (SSSR count). The first-order valence-electron chi connectivity index (χ1n) is 6.20. The van der Waals surface area contributed by atoms with Crippen LogP contribution in [-0.2, 0) is 13.5 Å². The highest BCUT2D eigenvalue weighted by Gasteiger charge is 2.16. The number of amides is 1. The Balaban J connectivity index is 1.89. The molecule has 0 bridgehead atoms. The van der Waals surface area contributed by atoms with Gasteiger partial charge in [0.1, 0.15) is 0 Å². The molecule has 0 aliphatic carbocycles. The van der Waals surface area contributed by atoms with Gasteiger partial charge < -0.3 is 10.4 Å². The first kappa shape index (κ1) is 15.0. The van der Waals surface area contributed by atoms with Crippen LogP contribution in [0.2, 0.25) is 5.02 Å². The summed E-state index contributed by atoms with van der Waals surface area (Å²) >= 11 is 7.55. The van der Waals surface area contributed by atoms with Crippen LogP contribution in [0.4, 0.5) is 0 Å². The van der Waals surface area contributed by atoms with E-state index in [2.05, 4.69) is 10.4 Å². The molecule has 0 unspecified atom stereocenters. The highest BCUT2D eigenvalue weighted by atomic mass is 35.5. The molecule has 5 nitrogen and oxygen atoms in total. The van der Waals surface area contributed by atoms with E-state index in [1.165, 1.54) is 9.56 Å². The van der Waals surface area contributed by atoms with Crippen LogP contribution in [0.5, 0.6) is 0 Å². The van der Waals surface area contributed by atoms with Gasteiger partial charge in [-0.05, 0) is 17.9 Å². The van der Waals surface area contributed by atoms with Crippen molar-refractivity contribution in [1.82, 2.24) is 15.1 Å². The average Bonchev–Trinajstić information content (AvgIpc) is 3.03. The van der Waals surface area contributed by atoms with Gasteiger partial charge in [0.05, 0.1) is 5.02 Å². The fourth-order valence-electron chi connectivity index (χ4n) is 1.85. The maximum absolute atomic E-state index is 12.0.